The van der Waals surface area contributed by atoms with Crippen molar-refractivity contribution in [2.45, 2.75) is 59.6 Å². The van der Waals surface area contributed by atoms with Crippen molar-refractivity contribution >= 4 is 18.0 Å². The lowest BCUT2D eigenvalue weighted by atomic mass is 9.74. The van der Waals surface area contributed by atoms with Crippen molar-refractivity contribution in [1.29, 1.82) is 0 Å². The highest BCUT2D eigenvalue weighted by atomic mass is 16.6. The van der Waals surface area contributed by atoms with Gasteiger partial charge in [0, 0.05) is 5.92 Å². The average Bonchev–Trinajstić information content (AvgIpc) is 2.18. The first-order chi connectivity index (χ1) is 9.24. The molecule has 0 aromatic rings. The molecule has 0 aromatic carbocycles. The van der Waals surface area contributed by atoms with Gasteiger partial charge in [0.25, 0.3) is 0 Å². The lowest BCUT2D eigenvalue weighted by Crippen LogP contribution is -2.51. The Morgan fingerprint density at radius 1 is 1.05 bits per heavy atom. The van der Waals surface area contributed by atoms with Crippen molar-refractivity contribution in [2.24, 2.45) is 11.3 Å². The first-order valence-corrected chi connectivity index (χ1v) is 6.68. The van der Waals surface area contributed by atoms with Gasteiger partial charge in [0.1, 0.15) is 11.6 Å². The van der Waals surface area contributed by atoms with Crippen LogP contribution in [0.3, 0.4) is 0 Å². The smallest absolute Gasteiger partial charge is 0.408 e. The van der Waals surface area contributed by atoms with E-state index < -0.39 is 41.0 Å². The van der Waals surface area contributed by atoms with Crippen LogP contribution in [-0.4, -0.2) is 39.9 Å². The van der Waals surface area contributed by atoms with E-state index in [9.17, 15) is 19.5 Å². The average molecular weight is 303 g/mol. The number of alkyl carbamates (subject to hydrolysis) is 1. The number of hydrogen-bond acceptors (Lipinski definition) is 4. The number of amides is 1. The Hall–Kier alpha value is -1.79. The van der Waals surface area contributed by atoms with Crippen LogP contribution in [0.2, 0.25) is 0 Å². The molecule has 3 N–H and O–H groups in total. The van der Waals surface area contributed by atoms with E-state index in [0.29, 0.717) is 0 Å². The van der Waals surface area contributed by atoms with Crippen LogP contribution in [0.25, 0.3) is 0 Å². The number of carbonyl (C=O) groups excluding carboxylic acids is 1. The molecule has 1 unspecified atom stereocenters. The van der Waals surface area contributed by atoms with Gasteiger partial charge >= 0.3 is 18.0 Å². The normalized spacial score (nSPS) is 15.0. The van der Waals surface area contributed by atoms with Gasteiger partial charge in [-0.05, 0) is 26.2 Å². The molecule has 7 nitrogen and oxygen atoms in total. The predicted molar refractivity (Wildman–Crippen MR) is 76.0 cm³/mol. The summed E-state index contributed by atoms with van der Waals surface area (Å²) in [5.41, 5.74) is -1.38. The van der Waals surface area contributed by atoms with Crippen molar-refractivity contribution in [3.8, 4) is 0 Å². The van der Waals surface area contributed by atoms with E-state index in [1.165, 1.54) is 0 Å². The van der Waals surface area contributed by atoms with E-state index in [0.717, 1.165) is 0 Å². The van der Waals surface area contributed by atoms with E-state index in [1.807, 2.05) is 0 Å². The number of aliphatic carboxylic acids is 2. The second kappa shape index (κ2) is 6.78. The number of carboxylic acid groups (broad SMARTS) is 2. The Labute approximate surface area is 124 Å². The van der Waals surface area contributed by atoms with Gasteiger partial charge in [0.05, 0.1) is 6.42 Å². The topological polar surface area (TPSA) is 113 Å². The van der Waals surface area contributed by atoms with Gasteiger partial charge in [0.15, 0.2) is 0 Å². The van der Waals surface area contributed by atoms with Crippen molar-refractivity contribution in [3.63, 3.8) is 0 Å². The van der Waals surface area contributed by atoms with Gasteiger partial charge in [-0.2, -0.15) is 0 Å². The summed E-state index contributed by atoms with van der Waals surface area (Å²) < 4.78 is 5.03. The van der Waals surface area contributed by atoms with Crippen LogP contribution in [0.5, 0.6) is 0 Å². The van der Waals surface area contributed by atoms with Crippen molar-refractivity contribution in [1.82, 2.24) is 5.32 Å². The third-order valence-corrected chi connectivity index (χ3v) is 2.85. The summed E-state index contributed by atoms with van der Waals surface area (Å²) in [6.07, 6.45) is -1.24. The van der Waals surface area contributed by atoms with Crippen molar-refractivity contribution in [2.75, 3.05) is 0 Å². The van der Waals surface area contributed by atoms with Crippen LogP contribution >= 0.6 is 0 Å². The molecule has 21 heavy (non-hydrogen) atoms. The molecule has 0 saturated heterocycles. The van der Waals surface area contributed by atoms with Crippen LogP contribution in [0.4, 0.5) is 4.79 Å². The van der Waals surface area contributed by atoms with Crippen LogP contribution in [0, 0.1) is 11.3 Å². The highest BCUT2D eigenvalue weighted by Crippen LogP contribution is 2.32. The number of ether oxygens (including phenoxy) is 1. The molecule has 0 radical (unpaired) electrons. The second-order valence-electron chi connectivity index (χ2n) is 7.03. The maximum absolute atomic E-state index is 11.7. The fourth-order valence-electron chi connectivity index (χ4n) is 1.88. The van der Waals surface area contributed by atoms with E-state index in [1.54, 1.807) is 41.5 Å². The molecular formula is C14H25NO6. The number of rotatable bonds is 5. The van der Waals surface area contributed by atoms with Crippen molar-refractivity contribution in [3.05, 3.63) is 0 Å². The maximum atomic E-state index is 11.7. The van der Waals surface area contributed by atoms with E-state index in [-0.39, 0.29) is 6.42 Å². The van der Waals surface area contributed by atoms with Gasteiger partial charge in [-0.1, -0.05) is 20.8 Å². The Bertz CT molecular complexity index is 405. The molecule has 0 aliphatic carbocycles. The fraction of sp³-hybridized carbons (Fsp3) is 0.786. The Balaban J connectivity index is 5.21. The van der Waals surface area contributed by atoms with Crippen LogP contribution < -0.4 is 5.32 Å². The van der Waals surface area contributed by atoms with Gasteiger partial charge in [-0.15, -0.1) is 0 Å². The molecule has 0 saturated carbocycles. The first-order valence-electron chi connectivity index (χ1n) is 6.68. The molecular weight excluding hydrogens is 278 g/mol. The molecule has 122 valence electrons. The number of nitrogens with one attached hydrogen (secondary N) is 1. The zero-order chi connectivity index (χ0) is 17.0. The van der Waals surface area contributed by atoms with Gasteiger partial charge in [0.2, 0.25) is 0 Å². The van der Waals surface area contributed by atoms with Crippen LogP contribution in [0.15, 0.2) is 0 Å². The molecule has 0 aliphatic rings. The minimum absolute atomic E-state index is 0.365. The summed E-state index contributed by atoms with van der Waals surface area (Å²) in [5, 5.41) is 20.5. The third kappa shape index (κ3) is 7.53. The standard InChI is InChI=1S/C14H25NO6/c1-13(2,3)8(7-9(16)17)10(11(18)19)15-12(20)21-14(4,5)6/h8,10H,7H2,1-6H3,(H,15,20)(H,16,17)(H,18,19)/t8?,10-/m0/s1. The third-order valence-electron chi connectivity index (χ3n) is 2.85. The molecule has 0 heterocycles. The molecule has 0 fully saturated rings. The Morgan fingerprint density at radius 2 is 1.52 bits per heavy atom. The van der Waals surface area contributed by atoms with E-state index in [2.05, 4.69) is 5.32 Å². The largest absolute Gasteiger partial charge is 0.481 e. The molecule has 2 atom stereocenters. The second-order valence-corrected chi connectivity index (χ2v) is 7.03. The monoisotopic (exact) mass is 303 g/mol. The fourth-order valence-corrected chi connectivity index (χ4v) is 1.88. The molecule has 7 heteroatoms. The summed E-state index contributed by atoms with van der Waals surface area (Å²) in [6, 6.07) is -1.34. The van der Waals surface area contributed by atoms with Crippen LogP contribution in [-0.2, 0) is 14.3 Å². The highest BCUT2D eigenvalue weighted by molar-refractivity contribution is 5.81. The summed E-state index contributed by atoms with van der Waals surface area (Å²) in [7, 11) is 0. The van der Waals surface area contributed by atoms with E-state index in [4.69, 9.17) is 9.84 Å². The molecule has 0 aromatic heterocycles. The maximum Gasteiger partial charge on any atom is 0.408 e. The van der Waals surface area contributed by atoms with Crippen molar-refractivity contribution < 1.29 is 29.3 Å². The first kappa shape index (κ1) is 19.2. The predicted octanol–water partition coefficient (Wildman–Crippen LogP) is 2.10. The molecule has 1 amide bonds. The zero-order valence-electron chi connectivity index (χ0n) is 13.4. The minimum Gasteiger partial charge on any atom is -0.481 e. The summed E-state index contributed by atoms with van der Waals surface area (Å²) in [6.45, 7) is 10.1. The van der Waals surface area contributed by atoms with Gasteiger partial charge in [-0.3, -0.25) is 4.79 Å². The molecule has 0 aliphatic heterocycles. The molecule has 0 rings (SSSR count). The quantitative estimate of drug-likeness (QED) is 0.717. The summed E-state index contributed by atoms with van der Waals surface area (Å²) in [5.74, 6) is -3.19. The number of carboxylic acids is 2. The zero-order valence-corrected chi connectivity index (χ0v) is 13.4. The lowest BCUT2D eigenvalue weighted by molar-refractivity contribution is -0.145. The van der Waals surface area contributed by atoms with E-state index >= 15 is 0 Å². The van der Waals surface area contributed by atoms with Gasteiger partial charge < -0.3 is 20.3 Å². The lowest BCUT2D eigenvalue weighted by Gasteiger charge is -2.34. The minimum atomic E-state index is -1.34. The molecule has 0 bridgehead atoms. The molecule has 0 spiro atoms. The summed E-state index contributed by atoms with van der Waals surface area (Å²) >= 11 is 0. The highest BCUT2D eigenvalue weighted by Gasteiger charge is 2.39. The van der Waals surface area contributed by atoms with Crippen LogP contribution in [0.1, 0.15) is 48.0 Å². The Morgan fingerprint density at radius 3 is 1.81 bits per heavy atom. The summed E-state index contributed by atoms with van der Waals surface area (Å²) in [4.78, 5) is 34.1. The SMILES string of the molecule is CC(C)(C)OC(=O)N[C@H](C(=O)O)C(CC(=O)O)C(C)(C)C. The number of hydrogen-bond donors (Lipinski definition) is 3. The van der Waals surface area contributed by atoms with Gasteiger partial charge in [-0.25, -0.2) is 9.59 Å². The number of carbonyl (C=O) groups is 3. The Kier molecular flexibility index (Phi) is 6.20.